The highest BCUT2D eigenvalue weighted by Crippen LogP contribution is 2.43. The van der Waals surface area contributed by atoms with Crippen molar-refractivity contribution in [1.29, 1.82) is 0 Å². The highest BCUT2D eigenvalue weighted by Gasteiger charge is 2.59. The average molecular weight is 373 g/mol. The highest BCUT2D eigenvalue weighted by atomic mass is 19.3. The van der Waals surface area contributed by atoms with Crippen molar-refractivity contribution in [3.8, 4) is 0 Å². The van der Waals surface area contributed by atoms with Gasteiger partial charge >= 0.3 is 5.92 Å². The maximum Gasteiger partial charge on any atom is 0.322 e. The van der Waals surface area contributed by atoms with Crippen LogP contribution in [-0.4, -0.2) is 49.1 Å². The average Bonchev–Trinajstić information content (AvgIpc) is 3.07. The summed E-state index contributed by atoms with van der Waals surface area (Å²) in [4.78, 5) is 3.74. The van der Waals surface area contributed by atoms with Gasteiger partial charge in [-0.25, -0.2) is 13.5 Å². The number of rotatable bonds is 7. The standard InChI is InChI=1S/C16H19F4N5O/c1-3-5-14(21-4-2)16(19,20)15(26,9-25-10-22-23-24-25)12-7-6-11(17)8-13(12)18/h3,5,8,10,26H,4,6-7,9H2,1-2H3/b5-3-,21-14?. The van der Waals surface area contributed by atoms with Gasteiger partial charge in [0, 0.05) is 24.6 Å². The number of halogens is 4. The zero-order valence-corrected chi connectivity index (χ0v) is 14.3. The van der Waals surface area contributed by atoms with Crippen LogP contribution in [0.25, 0.3) is 0 Å². The van der Waals surface area contributed by atoms with Gasteiger partial charge < -0.3 is 5.11 Å². The van der Waals surface area contributed by atoms with Gasteiger partial charge in [0.05, 0.1) is 6.54 Å². The Morgan fingerprint density at radius 1 is 1.38 bits per heavy atom. The molecule has 0 radical (unpaired) electrons. The van der Waals surface area contributed by atoms with E-state index in [0.717, 1.165) is 17.1 Å². The van der Waals surface area contributed by atoms with E-state index in [9.17, 15) is 13.9 Å². The summed E-state index contributed by atoms with van der Waals surface area (Å²) in [6, 6.07) is 0. The number of allylic oxidation sites excluding steroid dienone is 5. The van der Waals surface area contributed by atoms with E-state index >= 15 is 8.78 Å². The maximum atomic E-state index is 15.3. The van der Waals surface area contributed by atoms with Gasteiger partial charge in [-0.3, -0.25) is 4.99 Å². The number of alkyl halides is 2. The van der Waals surface area contributed by atoms with E-state index in [-0.39, 0.29) is 13.0 Å². The van der Waals surface area contributed by atoms with Crippen LogP contribution in [0.5, 0.6) is 0 Å². The highest BCUT2D eigenvalue weighted by molar-refractivity contribution is 6.02. The van der Waals surface area contributed by atoms with Crippen LogP contribution in [0.3, 0.4) is 0 Å². The summed E-state index contributed by atoms with van der Waals surface area (Å²) in [7, 11) is 0. The van der Waals surface area contributed by atoms with Crippen molar-refractivity contribution in [3.63, 3.8) is 0 Å². The van der Waals surface area contributed by atoms with Gasteiger partial charge in [-0.2, -0.15) is 8.78 Å². The molecule has 1 heterocycles. The Morgan fingerprint density at radius 2 is 2.12 bits per heavy atom. The molecule has 1 N–H and O–H groups in total. The fourth-order valence-electron chi connectivity index (χ4n) is 2.73. The minimum atomic E-state index is -3.98. The third-order valence-electron chi connectivity index (χ3n) is 3.96. The van der Waals surface area contributed by atoms with Crippen LogP contribution >= 0.6 is 0 Å². The second-order valence-electron chi connectivity index (χ2n) is 5.72. The predicted octanol–water partition coefficient (Wildman–Crippen LogP) is 2.95. The molecular formula is C16H19F4N5O. The molecule has 1 aliphatic carbocycles. The SMILES string of the molecule is C/C=C\C(=NCC)C(F)(F)C(O)(Cn1cnnn1)C1=C(F)C=C(F)CC1. The Hall–Kier alpha value is -2.36. The van der Waals surface area contributed by atoms with Gasteiger partial charge in [0.25, 0.3) is 0 Å². The van der Waals surface area contributed by atoms with E-state index in [1.54, 1.807) is 6.92 Å². The topological polar surface area (TPSA) is 76.2 Å². The molecule has 0 amide bonds. The molecular weight excluding hydrogens is 354 g/mol. The number of tetrazole rings is 1. The molecule has 1 aliphatic rings. The van der Waals surface area contributed by atoms with E-state index < -0.39 is 47.4 Å². The van der Waals surface area contributed by atoms with Crippen molar-refractivity contribution >= 4 is 5.71 Å². The fourth-order valence-corrected chi connectivity index (χ4v) is 2.73. The fraction of sp³-hybridized carbons (Fsp3) is 0.500. The number of hydrogen-bond donors (Lipinski definition) is 1. The summed E-state index contributed by atoms with van der Waals surface area (Å²) in [5, 5.41) is 21.1. The molecule has 0 saturated heterocycles. The van der Waals surface area contributed by atoms with E-state index in [1.165, 1.54) is 13.0 Å². The third kappa shape index (κ3) is 3.74. The van der Waals surface area contributed by atoms with Crippen molar-refractivity contribution in [2.75, 3.05) is 6.54 Å². The van der Waals surface area contributed by atoms with Crippen molar-refractivity contribution in [1.82, 2.24) is 20.2 Å². The first kappa shape index (κ1) is 20.0. The summed E-state index contributed by atoms with van der Waals surface area (Å²) >= 11 is 0. The number of aliphatic hydroxyl groups is 1. The van der Waals surface area contributed by atoms with Crippen LogP contribution in [0.1, 0.15) is 26.7 Å². The summed E-state index contributed by atoms with van der Waals surface area (Å²) in [6.07, 6.45) is 3.21. The Labute approximate surface area is 147 Å². The van der Waals surface area contributed by atoms with Crippen molar-refractivity contribution < 1.29 is 22.7 Å². The minimum absolute atomic E-state index is 0.0340. The lowest BCUT2D eigenvalue weighted by Crippen LogP contribution is -2.57. The number of aromatic nitrogens is 4. The number of aliphatic imine (C=N–C) groups is 1. The zero-order valence-electron chi connectivity index (χ0n) is 14.3. The Bertz CT molecular complexity index is 755. The van der Waals surface area contributed by atoms with Gasteiger partial charge in [0.2, 0.25) is 0 Å². The van der Waals surface area contributed by atoms with E-state index in [2.05, 4.69) is 20.5 Å². The molecule has 0 aliphatic heterocycles. The molecule has 6 nitrogen and oxygen atoms in total. The third-order valence-corrected chi connectivity index (χ3v) is 3.96. The van der Waals surface area contributed by atoms with Crippen LogP contribution in [-0.2, 0) is 6.54 Å². The van der Waals surface area contributed by atoms with E-state index in [4.69, 9.17) is 0 Å². The molecule has 0 spiro atoms. The largest absolute Gasteiger partial charge is 0.377 e. The lowest BCUT2D eigenvalue weighted by molar-refractivity contribution is -0.125. The first-order valence-corrected chi connectivity index (χ1v) is 8.00. The molecule has 1 atom stereocenters. The summed E-state index contributed by atoms with van der Waals surface area (Å²) in [5.74, 6) is -5.99. The summed E-state index contributed by atoms with van der Waals surface area (Å²) < 4.78 is 59.2. The first-order valence-electron chi connectivity index (χ1n) is 8.00. The predicted molar refractivity (Wildman–Crippen MR) is 87.1 cm³/mol. The van der Waals surface area contributed by atoms with Gasteiger partial charge in [-0.15, -0.1) is 5.10 Å². The van der Waals surface area contributed by atoms with Crippen LogP contribution in [0.15, 0.2) is 46.8 Å². The summed E-state index contributed by atoms with van der Waals surface area (Å²) in [6.45, 7) is 2.27. The number of hydrogen-bond acceptors (Lipinski definition) is 5. The van der Waals surface area contributed by atoms with Gasteiger partial charge in [-0.05, 0) is 36.8 Å². The lowest BCUT2D eigenvalue weighted by atomic mass is 9.79. The smallest absolute Gasteiger partial charge is 0.322 e. The minimum Gasteiger partial charge on any atom is -0.377 e. The molecule has 0 aromatic carbocycles. The van der Waals surface area contributed by atoms with Crippen molar-refractivity contribution in [3.05, 3.63) is 41.8 Å². The van der Waals surface area contributed by atoms with Crippen LogP contribution in [0.2, 0.25) is 0 Å². The quantitative estimate of drug-likeness (QED) is 0.589. The first-order chi connectivity index (χ1) is 12.3. The van der Waals surface area contributed by atoms with Crippen molar-refractivity contribution in [2.24, 2.45) is 4.99 Å². The monoisotopic (exact) mass is 373 g/mol. The van der Waals surface area contributed by atoms with Crippen molar-refractivity contribution in [2.45, 2.75) is 44.8 Å². The van der Waals surface area contributed by atoms with Crippen LogP contribution < -0.4 is 0 Å². The van der Waals surface area contributed by atoms with Crippen LogP contribution in [0, 0.1) is 0 Å². The van der Waals surface area contributed by atoms with Gasteiger partial charge in [-0.1, -0.05) is 6.08 Å². The molecule has 1 aromatic heterocycles. The van der Waals surface area contributed by atoms with E-state index in [1.807, 2.05) is 0 Å². The Morgan fingerprint density at radius 3 is 2.65 bits per heavy atom. The maximum absolute atomic E-state index is 15.3. The second-order valence-corrected chi connectivity index (χ2v) is 5.72. The Balaban J connectivity index is 2.63. The molecule has 26 heavy (non-hydrogen) atoms. The zero-order chi connectivity index (χ0) is 19.4. The van der Waals surface area contributed by atoms with E-state index in [0.29, 0.717) is 6.08 Å². The molecule has 0 fully saturated rings. The molecule has 10 heteroatoms. The summed E-state index contributed by atoms with van der Waals surface area (Å²) in [5.41, 5.74) is -4.36. The molecule has 1 unspecified atom stereocenters. The second kappa shape index (κ2) is 7.90. The lowest BCUT2D eigenvalue weighted by Gasteiger charge is -2.38. The molecule has 1 aromatic rings. The molecule has 0 bridgehead atoms. The van der Waals surface area contributed by atoms with Gasteiger partial charge in [0.1, 0.15) is 23.7 Å². The molecule has 0 saturated carbocycles. The van der Waals surface area contributed by atoms with Gasteiger partial charge in [0.15, 0.2) is 5.60 Å². The molecule has 142 valence electrons. The number of nitrogens with zero attached hydrogens (tertiary/aromatic N) is 5. The Kier molecular flexibility index (Phi) is 6.06. The normalized spacial score (nSPS) is 19.0. The molecule has 2 rings (SSSR count). The van der Waals surface area contributed by atoms with Crippen LogP contribution in [0.4, 0.5) is 17.6 Å².